The number of hydrogen-bond donors (Lipinski definition) is 1. The number of aryl methyl sites for hydroxylation is 2. The first-order chi connectivity index (χ1) is 7.09. The van der Waals surface area contributed by atoms with Crippen molar-refractivity contribution in [2.24, 2.45) is 0 Å². The van der Waals surface area contributed by atoms with E-state index < -0.39 is 5.97 Å². The standard InChI is InChI=1S/C12H11NO2/c1-7-3-4-9-5-6-10(12(14)15)8(2)11(9)13-7/h3-6H,1-2H3,(H,14,15). The molecule has 3 nitrogen and oxygen atoms in total. The molecule has 0 radical (unpaired) electrons. The molecule has 1 aromatic carbocycles. The average molecular weight is 201 g/mol. The van der Waals surface area contributed by atoms with Gasteiger partial charge in [0.2, 0.25) is 0 Å². The maximum atomic E-state index is 10.9. The highest BCUT2D eigenvalue weighted by molar-refractivity contribution is 5.96. The van der Waals surface area contributed by atoms with Crippen LogP contribution in [0.2, 0.25) is 0 Å². The van der Waals surface area contributed by atoms with Crippen LogP contribution in [0, 0.1) is 13.8 Å². The minimum absolute atomic E-state index is 0.320. The molecule has 0 unspecified atom stereocenters. The van der Waals surface area contributed by atoms with Crippen LogP contribution in [-0.4, -0.2) is 16.1 Å². The lowest BCUT2D eigenvalue weighted by Gasteiger charge is -2.05. The summed E-state index contributed by atoms with van der Waals surface area (Å²) in [6, 6.07) is 7.29. The van der Waals surface area contributed by atoms with Gasteiger partial charge in [-0.1, -0.05) is 12.1 Å². The van der Waals surface area contributed by atoms with Crippen LogP contribution < -0.4 is 0 Å². The molecule has 15 heavy (non-hydrogen) atoms. The van der Waals surface area contributed by atoms with E-state index in [1.54, 1.807) is 19.1 Å². The van der Waals surface area contributed by atoms with Gasteiger partial charge in [0.25, 0.3) is 0 Å². The smallest absolute Gasteiger partial charge is 0.336 e. The van der Waals surface area contributed by atoms with Gasteiger partial charge >= 0.3 is 5.97 Å². The zero-order chi connectivity index (χ0) is 11.0. The Morgan fingerprint density at radius 3 is 2.53 bits per heavy atom. The molecule has 0 spiro atoms. The number of rotatable bonds is 1. The third-order valence-electron chi connectivity index (χ3n) is 2.48. The zero-order valence-corrected chi connectivity index (χ0v) is 8.61. The van der Waals surface area contributed by atoms with Crippen LogP contribution in [0.5, 0.6) is 0 Å². The number of carboxylic acids is 1. The van der Waals surface area contributed by atoms with Gasteiger partial charge in [0.15, 0.2) is 0 Å². The Balaban J connectivity index is 2.82. The first-order valence-electron chi connectivity index (χ1n) is 4.70. The average Bonchev–Trinajstić information content (AvgIpc) is 2.19. The van der Waals surface area contributed by atoms with Gasteiger partial charge in [0, 0.05) is 11.1 Å². The molecule has 1 heterocycles. The molecule has 0 aliphatic carbocycles. The number of pyridine rings is 1. The number of aromatic nitrogens is 1. The predicted octanol–water partition coefficient (Wildman–Crippen LogP) is 2.55. The van der Waals surface area contributed by atoms with Crippen molar-refractivity contribution in [1.82, 2.24) is 4.98 Å². The van der Waals surface area contributed by atoms with Crippen molar-refractivity contribution in [3.05, 3.63) is 41.1 Å². The molecule has 2 aromatic rings. The van der Waals surface area contributed by atoms with Crippen molar-refractivity contribution in [1.29, 1.82) is 0 Å². The summed E-state index contributed by atoms with van der Waals surface area (Å²) in [4.78, 5) is 15.3. The lowest BCUT2D eigenvalue weighted by atomic mass is 10.0. The van der Waals surface area contributed by atoms with E-state index in [-0.39, 0.29) is 0 Å². The minimum atomic E-state index is -0.905. The van der Waals surface area contributed by atoms with Crippen LogP contribution >= 0.6 is 0 Å². The highest BCUT2D eigenvalue weighted by atomic mass is 16.4. The third-order valence-corrected chi connectivity index (χ3v) is 2.48. The lowest BCUT2D eigenvalue weighted by molar-refractivity contribution is 0.0696. The predicted molar refractivity (Wildman–Crippen MR) is 58.2 cm³/mol. The van der Waals surface area contributed by atoms with Crippen LogP contribution in [-0.2, 0) is 0 Å². The summed E-state index contributed by atoms with van der Waals surface area (Å²) in [5.74, 6) is -0.905. The van der Waals surface area contributed by atoms with Crippen molar-refractivity contribution in [2.75, 3.05) is 0 Å². The molecule has 0 atom stereocenters. The Morgan fingerprint density at radius 2 is 1.87 bits per heavy atom. The normalized spacial score (nSPS) is 10.5. The van der Waals surface area contributed by atoms with Gasteiger partial charge in [-0.2, -0.15) is 0 Å². The van der Waals surface area contributed by atoms with Gasteiger partial charge in [-0.05, 0) is 31.5 Å². The summed E-state index contributed by atoms with van der Waals surface area (Å²) in [5.41, 5.74) is 2.72. The van der Waals surface area contributed by atoms with Crippen LogP contribution in [0.3, 0.4) is 0 Å². The Kier molecular flexibility index (Phi) is 2.15. The van der Waals surface area contributed by atoms with E-state index in [2.05, 4.69) is 4.98 Å². The van der Waals surface area contributed by atoms with Crippen LogP contribution in [0.4, 0.5) is 0 Å². The fourth-order valence-corrected chi connectivity index (χ4v) is 1.66. The van der Waals surface area contributed by atoms with E-state index >= 15 is 0 Å². The van der Waals surface area contributed by atoms with Crippen molar-refractivity contribution in [2.45, 2.75) is 13.8 Å². The summed E-state index contributed by atoms with van der Waals surface area (Å²) in [7, 11) is 0. The molecule has 0 saturated carbocycles. The molecule has 0 bridgehead atoms. The molecule has 0 aliphatic heterocycles. The van der Waals surface area contributed by atoms with E-state index in [1.807, 2.05) is 19.1 Å². The van der Waals surface area contributed by atoms with Gasteiger partial charge in [0.1, 0.15) is 0 Å². The summed E-state index contributed by atoms with van der Waals surface area (Å²) < 4.78 is 0. The fraction of sp³-hybridized carbons (Fsp3) is 0.167. The monoisotopic (exact) mass is 201 g/mol. The number of benzene rings is 1. The van der Waals surface area contributed by atoms with Crippen LogP contribution in [0.1, 0.15) is 21.6 Å². The molecule has 3 heteroatoms. The van der Waals surface area contributed by atoms with E-state index in [1.165, 1.54) is 0 Å². The molecular formula is C12H11NO2. The van der Waals surface area contributed by atoms with Gasteiger partial charge < -0.3 is 5.11 Å². The van der Waals surface area contributed by atoms with E-state index in [0.29, 0.717) is 5.56 Å². The van der Waals surface area contributed by atoms with E-state index in [9.17, 15) is 4.79 Å². The minimum Gasteiger partial charge on any atom is -0.478 e. The summed E-state index contributed by atoms with van der Waals surface area (Å²) >= 11 is 0. The second-order valence-electron chi connectivity index (χ2n) is 3.57. The SMILES string of the molecule is Cc1ccc2ccc(C(=O)O)c(C)c2n1. The molecule has 0 amide bonds. The fourth-order valence-electron chi connectivity index (χ4n) is 1.66. The van der Waals surface area contributed by atoms with E-state index in [4.69, 9.17) is 5.11 Å². The number of carbonyl (C=O) groups is 1. The Hall–Kier alpha value is -1.90. The van der Waals surface area contributed by atoms with Crippen molar-refractivity contribution >= 4 is 16.9 Å². The van der Waals surface area contributed by atoms with Gasteiger partial charge in [-0.15, -0.1) is 0 Å². The highest BCUT2D eigenvalue weighted by Gasteiger charge is 2.10. The maximum Gasteiger partial charge on any atom is 0.336 e. The molecule has 1 N–H and O–H groups in total. The van der Waals surface area contributed by atoms with E-state index in [0.717, 1.165) is 22.2 Å². The topological polar surface area (TPSA) is 50.2 Å². The van der Waals surface area contributed by atoms with Crippen molar-refractivity contribution in [3.8, 4) is 0 Å². The molecule has 0 saturated heterocycles. The molecule has 1 aromatic heterocycles. The molecule has 0 aliphatic rings. The number of nitrogens with zero attached hydrogens (tertiary/aromatic N) is 1. The molecule has 2 rings (SSSR count). The largest absolute Gasteiger partial charge is 0.478 e. The number of fused-ring (bicyclic) bond motifs is 1. The van der Waals surface area contributed by atoms with Gasteiger partial charge in [-0.3, -0.25) is 4.98 Å². The third kappa shape index (κ3) is 1.56. The molecule has 76 valence electrons. The van der Waals surface area contributed by atoms with Crippen LogP contribution in [0.15, 0.2) is 24.3 Å². The molecule has 0 fully saturated rings. The van der Waals surface area contributed by atoms with Crippen LogP contribution in [0.25, 0.3) is 10.9 Å². The summed E-state index contributed by atoms with van der Waals surface area (Å²) in [6.45, 7) is 3.69. The second-order valence-corrected chi connectivity index (χ2v) is 3.57. The summed E-state index contributed by atoms with van der Waals surface area (Å²) in [6.07, 6.45) is 0. The summed E-state index contributed by atoms with van der Waals surface area (Å²) in [5, 5.41) is 9.94. The van der Waals surface area contributed by atoms with Gasteiger partial charge in [-0.25, -0.2) is 4.79 Å². The van der Waals surface area contributed by atoms with Crippen molar-refractivity contribution in [3.63, 3.8) is 0 Å². The second kappa shape index (κ2) is 3.35. The number of carboxylic acid groups (broad SMARTS) is 1. The Labute approximate surface area is 87.4 Å². The number of aromatic carboxylic acids is 1. The maximum absolute atomic E-state index is 10.9. The zero-order valence-electron chi connectivity index (χ0n) is 8.61. The quantitative estimate of drug-likeness (QED) is 0.771. The first kappa shape index (κ1) is 9.65. The first-order valence-corrected chi connectivity index (χ1v) is 4.70. The van der Waals surface area contributed by atoms with Crippen molar-refractivity contribution < 1.29 is 9.90 Å². The highest BCUT2D eigenvalue weighted by Crippen LogP contribution is 2.20. The Morgan fingerprint density at radius 1 is 1.20 bits per heavy atom. The van der Waals surface area contributed by atoms with Gasteiger partial charge in [0.05, 0.1) is 11.1 Å². The molecular weight excluding hydrogens is 190 g/mol. The lowest BCUT2D eigenvalue weighted by Crippen LogP contribution is -2.00. The number of hydrogen-bond acceptors (Lipinski definition) is 2. The Bertz CT molecular complexity index is 547.